The van der Waals surface area contributed by atoms with Gasteiger partial charge in [0.05, 0.1) is 22.9 Å². The van der Waals surface area contributed by atoms with E-state index in [2.05, 4.69) is 20.5 Å². The molecule has 1 amide bonds. The summed E-state index contributed by atoms with van der Waals surface area (Å²) in [5.74, 6) is 0.412. The average molecular weight is 388 g/mol. The predicted octanol–water partition coefficient (Wildman–Crippen LogP) is 3.30. The molecule has 29 heavy (non-hydrogen) atoms. The van der Waals surface area contributed by atoms with Crippen molar-refractivity contribution in [2.24, 2.45) is 7.05 Å². The van der Waals surface area contributed by atoms with Crippen LogP contribution in [0.1, 0.15) is 40.8 Å². The highest BCUT2D eigenvalue weighted by atomic mass is 16.5. The van der Waals surface area contributed by atoms with Gasteiger partial charge < -0.3 is 9.42 Å². The Labute approximate surface area is 167 Å². The SMILES string of the molecule is Cc1nn(C)c2cc(-c3cc(C(=O)N4CCCC4c4cccnn4)no3)ccc12. The Kier molecular flexibility index (Phi) is 4.12. The molecule has 8 nitrogen and oxygen atoms in total. The van der Waals surface area contributed by atoms with Crippen molar-refractivity contribution in [2.75, 3.05) is 6.54 Å². The number of rotatable bonds is 3. The van der Waals surface area contributed by atoms with Crippen LogP contribution in [0.3, 0.4) is 0 Å². The van der Waals surface area contributed by atoms with Crippen LogP contribution in [0, 0.1) is 6.92 Å². The van der Waals surface area contributed by atoms with Crippen LogP contribution in [0.4, 0.5) is 0 Å². The van der Waals surface area contributed by atoms with Gasteiger partial charge in [-0.25, -0.2) is 0 Å². The van der Waals surface area contributed by atoms with Crippen molar-refractivity contribution in [3.05, 3.63) is 59.7 Å². The van der Waals surface area contributed by atoms with Crippen molar-refractivity contribution in [1.29, 1.82) is 0 Å². The Morgan fingerprint density at radius 2 is 2.14 bits per heavy atom. The van der Waals surface area contributed by atoms with E-state index in [9.17, 15) is 4.79 Å². The fraction of sp³-hybridized carbons (Fsp3) is 0.286. The Morgan fingerprint density at radius 3 is 2.97 bits per heavy atom. The van der Waals surface area contributed by atoms with Gasteiger partial charge in [0.15, 0.2) is 11.5 Å². The van der Waals surface area contributed by atoms with E-state index in [1.807, 2.05) is 49.0 Å². The van der Waals surface area contributed by atoms with Crippen LogP contribution in [-0.4, -0.2) is 42.5 Å². The predicted molar refractivity (Wildman–Crippen MR) is 106 cm³/mol. The number of nitrogens with zero attached hydrogens (tertiary/aromatic N) is 6. The first-order chi connectivity index (χ1) is 14.1. The number of fused-ring (bicyclic) bond motifs is 1. The zero-order valence-electron chi connectivity index (χ0n) is 16.2. The molecule has 0 saturated carbocycles. The summed E-state index contributed by atoms with van der Waals surface area (Å²) in [6.45, 7) is 2.65. The molecule has 1 atom stereocenters. The summed E-state index contributed by atoms with van der Waals surface area (Å²) in [5, 5.41) is 17.7. The lowest BCUT2D eigenvalue weighted by Crippen LogP contribution is -2.31. The van der Waals surface area contributed by atoms with Crippen molar-refractivity contribution >= 4 is 16.8 Å². The van der Waals surface area contributed by atoms with E-state index < -0.39 is 0 Å². The van der Waals surface area contributed by atoms with Crippen molar-refractivity contribution < 1.29 is 9.32 Å². The van der Waals surface area contributed by atoms with E-state index >= 15 is 0 Å². The van der Waals surface area contributed by atoms with E-state index in [1.54, 1.807) is 17.2 Å². The zero-order chi connectivity index (χ0) is 20.0. The highest BCUT2D eigenvalue weighted by Crippen LogP contribution is 2.32. The van der Waals surface area contributed by atoms with Gasteiger partial charge in [0.2, 0.25) is 0 Å². The van der Waals surface area contributed by atoms with Gasteiger partial charge in [-0.2, -0.15) is 15.3 Å². The molecule has 1 saturated heterocycles. The first-order valence-electron chi connectivity index (χ1n) is 9.61. The number of aryl methyl sites for hydroxylation is 2. The molecule has 5 rings (SSSR count). The molecule has 146 valence electrons. The van der Waals surface area contributed by atoms with Crippen molar-refractivity contribution in [1.82, 2.24) is 30.0 Å². The Morgan fingerprint density at radius 1 is 1.24 bits per heavy atom. The average Bonchev–Trinajstić information content (AvgIpc) is 3.48. The molecule has 0 spiro atoms. The molecule has 1 fully saturated rings. The summed E-state index contributed by atoms with van der Waals surface area (Å²) < 4.78 is 7.35. The second kappa shape index (κ2) is 6.80. The highest BCUT2D eigenvalue weighted by molar-refractivity contribution is 5.94. The summed E-state index contributed by atoms with van der Waals surface area (Å²) in [5.41, 5.74) is 3.95. The van der Waals surface area contributed by atoms with Crippen LogP contribution in [0.15, 0.2) is 47.1 Å². The third-order valence-corrected chi connectivity index (χ3v) is 5.50. The molecule has 3 aromatic heterocycles. The summed E-state index contributed by atoms with van der Waals surface area (Å²) in [6, 6.07) is 11.4. The second-order valence-electron chi connectivity index (χ2n) is 7.32. The van der Waals surface area contributed by atoms with Crippen LogP contribution in [0.25, 0.3) is 22.2 Å². The zero-order valence-corrected chi connectivity index (χ0v) is 16.2. The maximum atomic E-state index is 13.1. The number of aromatic nitrogens is 5. The van der Waals surface area contributed by atoms with Gasteiger partial charge in [0, 0.05) is 36.8 Å². The number of carbonyl (C=O) groups excluding carboxylic acids is 1. The van der Waals surface area contributed by atoms with Crippen LogP contribution in [0.2, 0.25) is 0 Å². The molecule has 4 aromatic rings. The number of hydrogen-bond donors (Lipinski definition) is 0. The quantitative estimate of drug-likeness (QED) is 0.535. The lowest BCUT2D eigenvalue weighted by molar-refractivity contribution is 0.0722. The van der Waals surface area contributed by atoms with E-state index in [0.29, 0.717) is 18.0 Å². The molecule has 0 aliphatic carbocycles. The van der Waals surface area contributed by atoms with Gasteiger partial charge >= 0.3 is 0 Å². The fourth-order valence-electron chi connectivity index (χ4n) is 4.06. The molecule has 1 unspecified atom stereocenters. The molecule has 0 radical (unpaired) electrons. The van der Waals surface area contributed by atoms with Gasteiger partial charge in [-0.15, -0.1) is 0 Å². The molecular formula is C21H20N6O2. The number of likely N-dealkylation sites (tertiary alicyclic amines) is 1. The van der Waals surface area contributed by atoms with Gasteiger partial charge in [-0.1, -0.05) is 17.3 Å². The first-order valence-corrected chi connectivity index (χ1v) is 9.61. The summed E-state index contributed by atoms with van der Waals surface area (Å²) in [7, 11) is 1.91. The van der Waals surface area contributed by atoms with Crippen molar-refractivity contribution in [2.45, 2.75) is 25.8 Å². The van der Waals surface area contributed by atoms with Crippen LogP contribution in [-0.2, 0) is 7.05 Å². The topological polar surface area (TPSA) is 89.9 Å². The fourth-order valence-corrected chi connectivity index (χ4v) is 4.06. The van der Waals surface area contributed by atoms with E-state index in [4.69, 9.17) is 4.52 Å². The number of amides is 1. The number of benzene rings is 1. The monoisotopic (exact) mass is 388 g/mol. The van der Waals surface area contributed by atoms with Gasteiger partial charge in [-0.05, 0) is 38.0 Å². The number of hydrogen-bond acceptors (Lipinski definition) is 6. The standard InChI is InChI=1S/C21H20N6O2/c1-13-15-8-7-14(11-19(15)26(2)24-13)20-12-17(25-29-20)21(28)27-10-4-6-18(27)16-5-3-9-22-23-16/h3,5,7-9,11-12,18H,4,6,10H2,1-2H3. The molecule has 4 heterocycles. The summed E-state index contributed by atoms with van der Waals surface area (Å²) in [6.07, 6.45) is 3.43. The lowest BCUT2D eigenvalue weighted by Gasteiger charge is -2.22. The van der Waals surface area contributed by atoms with Crippen LogP contribution in [0.5, 0.6) is 0 Å². The normalized spacial score (nSPS) is 16.6. The minimum atomic E-state index is -0.148. The molecule has 1 aliphatic rings. The highest BCUT2D eigenvalue weighted by Gasteiger charge is 2.33. The maximum Gasteiger partial charge on any atom is 0.276 e. The Bertz CT molecular complexity index is 1200. The molecular weight excluding hydrogens is 368 g/mol. The lowest BCUT2D eigenvalue weighted by atomic mass is 10.1. The molecule has 1 aromatic carbocycles. The molecule has 8 heteroatoms. The number of carbonyl (C=O) groups is 1. The Hall–Kier alpha value is -3.55. The van der Waals surface area contributed by atoms with E-state index in [0.717, 1.165) is 40.7 Å². The van der Waals surface area contributed by atoms with Crippen molar-refractivity contribution in [3.8, 4) is 11.3 Å². The maximum absolute atomic E-state index is 13.1. The smallest absolute Gasteiger partial charge is 0.276 e. The minimum Gasteiger partial charge on any atom is -0.355 e. The summed E-state index contributed by atoms with van der Waals surface area (Å²) >= 11 is 0. The largest absolute Gasteiger partial charge is 0.355 e. The minimum absolute atomic E-state index is 0.0786. The van der Waals surface area contributed by atoms with Crippen LogP contribution >= 0.6 is 0 Å². The third-order valence-electron chi connectivity index (χ3n) is 5.50. The van der Waals surface area contributed by atoms with E-state index in [-0.39, 0.29) is 11.9 Å². The van der Waals surface area contributed by atoms with Crippen LogP contribution < -0.4 is 0 Å². The van der Waals surface area contributed by atoms with Crippen molar-refractivity contribution in [3.63, 3.8) is 0 Å². The van der Waals surface area contributed by atoms with E-state index in [1.165, 1.54) is 0 Å². The second-order valence-corrected chi connectivity index (χ2v) is 7.32. The third kappa shape index (κ3) is 2.97. The molecule has 0 N–H and O–H groups in total. The molecule has 0 bridgehead atoms. The van der Waals surface area contributed by atoms with Gasteiger partial charge in [0.1, 0.15) is 0 Å². The van der Waals surface area contributed by atoms with Gasteiger partial charge in [-0.3, -0.25) is 9.48 Å². The molecule has 1 aliphatic heterocycles. The summed E-state index contributed by atoms with van der Waals surface area (Å²) in [4.78, 5) is 14.9. The Balaban J connectivity index is 1.44. The first kappa shape index (κ1) is 17.5. The van der Waals surface area contributed by atoms with Gasteiger partial charge in [0.25, 0.3) is 5.91 Å².